The van der Waals surface area contributed by atoms with Gasteiger partial charge in [0.1, 0.15) is 16.9 Å². The van der Waals surface area contributed by atoms with E-state index in [9.17, 15) is 0 Å². The lowest BCUT2D eigenvalue weighted by atomic mass is 9.96. The lowest BCUT2D eigenvalue weighted by Crippen LogP contribution is -1.97. The lowest BCUT2D eigenvalue weighted by molar-refractivity contribution is 1.10. The first-order valence-corrected chi connectivity index (χ1v) is 15.2. The van der Waals surface area contributed by atoms with Gasteiger partial charge in [0.2, 0.25) is 0 Å². The SMILES string of the molecule is c1ccc(-c2nc3cc(-c4ccc(-n5c(-c6ccccc6)nc6ccccc65)cc4)ccc3c3c2ccc2nsnc23)cc1. The van der Waals surface area contributed by atoms with Gasteiger partial charge in [-0.15, -0.1) is 0 Å². The van der Waals surface area contributed by atoms with Gasteiger partial charge in [-0.1, -0.05) is 97.1 Å². The van der Waals surface area contributed by atoms with Gasteiger partial charge in [-0.25, -0.2) is 9.97 Å². The molecular weight excluding hydrogens is 559 g/mol. The molecule has 0 aliphatic rings. The van der Waals surface area contributed by atoms with E-state index in [4.69, 9.17) is 14.3 Å². The van der Waals surface area contributed by atoms with Gasteiger partial charge in [-0.05, 0) is 53.6 Å². The molecule has 0 saturated heterocycles. The number of benzene rings is 6. The first-order chi connectivity index (χ1) is 21.8. The van der Waals surface area contributed by atoms with E-state index in [-0.39, 0.29) is 0 Å². The molecule has 9 rings (SSSR count). The summed E-state index contributed by atoms with van der Waals surface area (Å²) in [4.78, 5) is 10.2. The van der Waals surface area contributed by atoms with Gasteiger partial charge >= 0.3 is 0 Å². The summed E-state index contributed by atoms with van der Waals surface area (Å²) in [5, 5.41) is 3.26. The molecule has 5 nitrogen and oxygen atoms in total. The van der Waals surface area contributed by atoms with Crippen LogP contribution in [0.3, 0.4) is 0 Å². The average Bonchev–Trinajstić information content (AvgIpc) is 3.74. The Morgan fingerprint density at radius 1 is 0.477 bits per heavy atom. The van der Waals surface area contributed by atoms with Crippen LogP contribution in [0.5, 0.6) is 0 Å². The van der Waals surface area contributed by atoms with Gasteiger partial charge in [0, 0.05) is 33.0 Å². The van der Waals surface area contributed by atoms with E-state index < -0.39 is 0 Å². The van der Waals surface area contributed by atoms with E-state index in [2.05, 4.69) is 124 Å². The van der Waals surface area contributed by atoms with Crippen LogP contribution in [0.4, 0.5) is 0 Å². The molecule has 0 amide bonds. The monoisotopic (exact) mass is 581 g/mol. The number of rotatable bonds is 4. The molecule has 0 bridgehead atoms. The molecule has 0 unspecified atom stereocenters. The van der Waals surface area contributed by atoms with Crippen molar-refractivity contribution in [3.63, 3.8) is 0 Å². The molecule has 6 heteroatoms. The first-order valence-electron chi connectivity index (χ1n) is 14.5. The summed E-state index contributed by atoms with van der Waals surface area (Å²) >= 11 is 1.25. The molecule has 44 heavy (non-hydrogen) atoms. The van der Waals surface area contributed by atoms with Crippen LogP contribution in [0.2, 0.25) is 0 Å². The fourth-order valence-electron chi connectivity index (χ4n) is 6.20. The third-order valence-electron chi connectivity index (χ3n) is 8.28. The molecule has 0 N–H and O–H groups in total. The second-order valence-corrected chi connectivity index (χ2v) is 11.4. The van der Waals surface area contributed by atoms with Gasteiger partial charge in [-0.2, -0.15) is 8.75 Å². The van der Waals surface area contributed by atoms with E-state index in [0.717, 1.165) is 83.2 Å². The topological polar surface area (TPSA) is 56.5 Å². The zero-order chi connectivity index (χ0) is 29.0. The van der Waals surface area contributed by atoms with Crippen LogP contribution in [-0.4, -0.2) is 23.3 Å². The molecule has 0 atom stereocenters. The normalized spacial score (nSPS) is 11.6. The van der Waals surface area contributed by atoms with E-state index in [0.29, 0.717) is 0 Å². The largest absolute Gasteiger partial charge is 0.292 e. The Morgan fingerprint density at radius 3 is 2.00 bits per heavy atom. The molecule has 0 saturated carbocycles. The maximum absolute atomic E-state index is 5.23. The van der Waals surface area contributed by atoms with Crippen LogP contribution in [0, 0.1) is 0 Å². The molecule has 0 fully saturated rings. The maximum atomic E-state index is 5.23. The number of hydrogen-bond donors (Lipinski definition) is 0. The number of nitrogens with zero attached hydrogens (tertiary/aromatic N) is 5. The molecule has 3 aromatic heterocycles. The summed E-state index contributed by atoms with van der Waals surface area (Å²) in [6.45, 7) is 0. The minimum absolute atomic E-state index is 0.913. The van der Waals surface area contributed by atoms with E-state index >= 15 is 0 Å². The molecule has 206 valence electrons. The molecule has 0 aliphatic carbocycles. The molecule has 6 aromatic carbocycles. The smallest absolute Gasteiger partial charge is 0.145 e. The molecular formula is C38H23N5S. The zero-order valence-electron chi connectivity index (χ0n) is 23.4. The second-order valence-electron chi connectivity index (χ2n) is 10.9. The van der Waals surface area contributed by atoms with Gasteiger partial charge in [0.05, 0.1) is 34.0 Å². The number of hydrogen-bond acceptors (Lipinski definition) is 5. The van der Waals surface area contributed by atoms with Crippen molar-refractivity contribution < 1.29 is 0 Å². The predicted molar refractivity (Wildman–Crippen MR) is 181 cm³/mol. The van der Waals surface area contributed by atoms with Gasteiger partial charge in [-0.3, -0.25) is 4.57 Å². The summed E-state index contributed by atoms with van der Waals surface area (Å²) in [6, 6.07) is 48.5. The van der Waals surface area contributed by atoms with Crippen molar-refractivity contribution in [3.05, 3.63) is 140 Å². The Balaban J connectivity index is 1.20. The summed E-state index contributed by atoms with van der Waals surface area (Å²) < 4.78 is 11.5. The quantitative estimate of drug-likeness (QED) is 0.194. The molecule has 0 aliphatic heterocycles. The summed E-state index contributed by atoms with van der Waals surface area (Å²) in [5.41, 5.74) is 11.2. The van der Waals surface area contributed by atoms with Crippen molar-refractivity contribution in [2.45, 2.75) is 0 Å². The Kier molecular flexibility index (Phi) is 5.61. The molecule has 3 heterocycles. The second kappa shape index (κ2) is 9.93. The fourth-order valence-corrected chi connectivity index (χ4v) is 6.75. The van der Waals surface area contributed by atoms with Crippen molar-refractivity contribution >= 4 is 55.5 Å². The lowest BCUT2D eigenvalue weighted by Gasteiger charge is -2.13. The first kappa shape index (κ1) is 24.8. The number of fused-ring (bicyclic) bond motifs is 6. The average molecular weight is 582 g/mol. The van der Waals surface area contributed by atoms with Crippen molar-refractivity contribution in [1.29, 1.82) is 0 Å². The van der Waals surface area contributed by atoms with Gasteiger partial charge < -0.3 is 0 Å². The number of aromatic nitrogens is 5. The van der Waals surface area contributed by atoms with Crippen molar-refractivity contribution in [1.82, 2.24) is 23.3 Å². The van der Waals surface area contributed by atoms with Crippen LogP contribution < -0.4 is 0 Å². The Morgan fingerprint density at radius 2 is 1.18 bits per heavy atom. The van der Waals surface area contributed by atoms with Crippen LogP contribution in [0.15, 0.2) is 140 Å². The van der Waals surface area contributed by atoms with E-state index in [1.54, 1.807) is 0 Å². The summed E-state index contributed by atoms with van der Waals surface area (Å²) in [6.07, 6.45) is 0. The fraction of sp³-hybridized carbons (Fsp3) is 0. The predicted octanol–water partition coefficient (Wildman–Crippen LogP) is 9.73. The highest BCUT2D eigenvalue weighted by molar-refractivity contribution is 7.00. The standard InChI is InChI=1S/C38H23N5S/c1-3-9-25(10-4-1)36-30-21-22-32-37(42-44-41-32)35(30)29-20-17-27(23-33(29)39-36)24-15-18-28(19-16-24)43-34-14-8-7-13-31(34)40-38(43)26-11-5-2-6-12-26/h1-23H. The van der Waals surface area contributed by atoms with Crippen LogP contribution >= 0.6 is 11.7 Å². The Labute approximate surface area is 257 Å². The van der Waals surface area contributed by atoms with E-state index in [1.807, 2.05) is 24.3 Å². The van der Waals surface area contributed by atoms with Crippen LogP contribution in [-0.2, 0) is 0 Å². The van der Waals surface area contributed by atoms with E-state index in [1.165, 1.54) is 11.7 Å². The van der Waals surface area contributed by atoms with Crippen molar-refractivity contribution in [3.8, 4) is 39.5 Å². The Hall–Kier alpha value is -5.72. The highest BCUT2D eigenvalue weighted by atomic mass is 32.1. The van der Waals surface area contributed by atoms with Gasteiger partial charge in [0.15, 0.2) is 0 Å². The number of imidazole rings is 1. The molecule has 0 radical (unpaired) electrons. The van der Waals surface area contributed by atoms with Crippen molar-refractivity contribution in [2.24, 2.45) is 0 Å². The summed E-state index contributed by atoms with van der Waals surface area (Å²) in [7, 11) is 0. The maximum Gasteiger partial charge on any atom is 0.145 e. The summed E-state index contributed by atoms with van der Waals surface area (Å²) in [5.74, 6) is 0.928. The molecule has 0 spiro atoms. The third-order valence-corrected chi connectivity index (χ3v) is 8.82. The van der Waals surface area contributed by atoms with Crippen LogP contribution in [0.25, 0.3) is 83.2 Å². The minimum Gasteiger partial charge on any atom is -0.292 e. The van der Waals surface area contributed by atoms with Crippen molar-refractivity contribution in [2.75, 3.05) is 0 Å². The highest BCUT2D eigenvalue weighted by Gasteiger charge is 2.17. The number of para-hydroxylation sites is 2. The van der Waals surface area contributed by atoms with Crippen LogP contribution in [0.1, 0.15) is 0 Å². The minimum atomic E-state index is 0.913. The Bertz CT molecular complexity index is 2480. The highest BCUT2D eigenvalue weighted by Crippen LogP contribution is 2.38. The van der Waals surface area contributed by atoms with Gasteiger partial charge in [0.25, 0.3) is 0 Å². The number of pyridine rings is 1. The molecule has 9 aromatic rings. The third kappa shape index (κ3) is 3.92. The zero-order valence-corrected chi connectivity index (χ0v) is 24.2.